The van der Waals surface area contributed by atoms with Crippen LogP contribution < -0.4 is 10.1 Å². The molecule has 0 saturated carbocycles. The lowest BCUT2D eigenvalue weighted by Crippen LogP contribution is -2.22. The summed E-state index contributed by atoms with van der Waals surface area (Å²) < 4.78 is 5.34. The summed E-state index contributed by atoms with van der Waals surface area (Å²) in [6.45, 7) is 4.44. The van der Waals surface area contributed by atoms with E-state index in [9.17, 15) is 4.79 Å². The molecule has 4 nitrogen and oxygen atoms in total. The van der Waals surface area contributed by atoms with Gasteiger partial charge in [-0.25, -0.2) is 0 Å². The van der Waals surface area contributed by atoms with Crippen LogP contribution >= 0.6 is 0 Å². The van der Waals surface area contributed by atoms with Gasteiger partial charge >= 0.3 is 0 Å². The van der Waals surface area contributed by atoms with Crippen molar-refractivity contribution in [1.82, 2.24) is 10.3 Å². The number of amides is 1. The van der Waals surface area contributed by atoms with Crippen molar-refractivity contribution in [3.05, 3.63) is 29.5 Å². The van der Waals surface area contributed by atoms with Crippen LogP contribution in [-0.4, -0.2) is 24.5 Å². The van der Waals surface area contributed by atoms with Crippen molar-refractivity contribution in [2.45, 2.75) is 46.0 Å². The van der Waals surface area contributed by atoms with E-state index in [1.807, 2.05) is 6.07 Å². The SMILES string of the molecule is CCCCCc1[nH]c2ccc(OC)cc2c1CCNC(C)=O. The lowest BCUT2D eigenvalue weighted by molar-refractivity contribution is -0.118. The van der Waals surface area contributed by atoms with Crippen LogP contribution in [0.5, 0.6) is 5.75 Å². The molecule has 1 heterocycles. The number of rotatable bonds is 8. The van der Waals surface area contributed by atoms with Crippen molar-refractivity contribution in [2.75, 3.05) is 13.7 Å². The lowest BCUT2D eigenvalue weighted by Gasteiger charge is -2.06. The summed E-state index contributed by atoms with van der Waals surface area (Å²) >= 11 is 0. The zero-order valence-electron chi connectivity index (χ0n) is 13.8. The number of hydrogen-bond donors (Lipinski definition) is 2. The maximum absolute atomic E-state index is 11.1. The molecular weight excluding hydrogens is 276 g/mol. The number of nitrogens with one attached hydrogen (secondary N) is 2. The smallest absolute Gasteiger partial charge is 0.216 e. The van der Waals surface area contributed by atoms with E-state index in [-0.39, 0.29) is 5.91 Å². The predicted molar refractivity (Wildman–Crippen MR) is 90.5 cm³/mol. The quantitative estimate of drug-likeness (QED) is 0.732. The van der Waals surface area contributed by atoms with E-state index in [0.29, 0.717) is 6.54 Å². The third-order valence-electron chi connectivity index (χ3n) is 3.98. The van der Waals surface area contributed by atoms with Gasteiger partial charge in [-0.05, 0) is 43.0 Å². The van der Waals surface area contributed by atoms with Gasteiger partial charge in [-0.1, -0.05) is 19.8 Å². The predicted octanol–water partition coefficient (Wildman–Crippen LogP) is 3.59. The van der Waals surface area contributed by atoms with Crippen molar-refractivity contribution < 1.29 is 9.53 Å². The van der Waals surface area contributed by atoms with Crippen molar-refractivity contribution >= 4 is 16.8 Å². The topological polar surface area (TPSA) is 54.1 Å². The third-order valence-corrected chi connectivity index (χ3v) is 3.98. The minimum Gasteiger partial charge on any atom is -0.497 e. The molecule has 0 atom stereocenters. The van der Waals surface area contributed by atoms with Crippen molar-refractivity contribution in [1.29, 1.82) is 0 Å². The molecule has 0 aliphatic heterocycles. The first-order valence-corrected chi connectivity index (χ1v) is 8.07. The third kappa shape index (κ3) is 4.03. The van der Waals surface area contributed by atoms with Gasteiger partial charge in [-0.3, -0.25) is 4.79 Å². The standard InChI is InChI=1S/C18H26N2O2/c1-4-5-6-7-17-15(10-11-19-13(2)21)16-12-14(22-3)8-9-18(16)20-17/h8-9,12,20H,4-7,10-11H2,1-3H3,(H,19,21). The first-order chi connectivity index (χ1) is 10.7. The van der Waals surface area contributed by atoms with Crippen molar-refractivity contribution in [3.8, 4) is 5.75 Å². The first kappa shape index (κ1) is 16.4. The number of methoxy groups -OCH3 is 1. The molecule has 0 saturated heterocycles. The number of H-pyrrole nitrogens is 1. The Hall–Kier alpha value is -1.97. The molecule has 22 heavy (non-hydrogen) atoms. The second kappa shape index (κ2) is 7.87. The van der Waals surface area contributed by atoms with E-state index < -0.39 is 0 Å². The van der Waals surface area contributed by atoms with Gasteiger partial charge in [0.2, 0.25) is 5.91 Å². The van der Waals surface area contributed by atoms with Crippen LogP contribution in [-0.2, 0) is 17.6 Å². The summed E-state index contributed by atoms with van der Waals surface area (Å²) in [6, 6.07) is 6.13. The fraction of sp³-hybridized carbons (Fsp3) is 0.500. The van der Waals surface area contributed by atoms with Crippen molar-refractivity contribution in [3.63, 3.8) is 0 Å². The van der Waals surface area contributed by atoms with Gasteiger partial charge in [-0.15, -0.1) is 0 Å². The Bertz CT molecular complexity index is 631. The molecule has 0 bridgehead atoms. The Labute approximate surface area is 132 Å². The van der Waals surface area contributed by atoms with Gasteiger partial charge in [0.25, 0.3) is 0 Å². The summed E-state index contributed by atoms with van der Waals surface area (Å²) in [4.78, 5) is 14.6. The monoisotopic (exact) mass is 302 g/mol. The Morgan fingerprint density at radius 2 is 2.09 bits per heavy atom. The minimum atomic E-state index is 0.0185. The Morgan fingerprint density at radius 3 is 2.77 bits per heavy atom. The Kier molecular flexibility index (Phi) is 5.87. The van der Waals surface area contributed by atoms with E-state index in [2.05, 4.69) is 29.4 Å². The number of hydrogen-bond acceptors (Lipinski definition) is 2. The molecule has 0 radical (unpaired) electrons. The number of aromatic amines is 1. The number of carbonyl (C=O) groups is 1. The molecule has 0 spiro atoms. The van der Waals surface area contributed by atoms with E-state index in [1.54, 1.807) is 14.0 Å². The zero-order valence-corrected chi connectivity index (χ0v) is 13.8. The molecule has 1 aromatic heterocycles. The van der Waals surface area contributed by atoms with E-state index in [0.717, 1.165) is 24.1 Å². The van der Waals surface area contributed by atoms with Crippen LogP contribution in [0.2, 0.25) is 0 Å². The van der Waals surface area contributed by atoms with Crippen LogP contribution in [0.25, 0.3) is 10.9 Å². The fourth-order valence-electron chi connectivity index (χ4n) is 2.82. The van der Waals surface area contributed by atoms with Gasteiger partial charge in [-0.2, -0.15) is 0 Å². The highest BCUT2D eigenvalue weighted by atomic mass is 16.5. The molecule has 2 N–H and O–H groups in total. The van der Waals surface area contributed by atoms with Gasteiger partial charge in [0.05, 0.1) is 7.11 Å². The molecule has 2 aromatic rings. The molecule has 0 fully saturated rings. The number of aryl methyl sites for hydroxylation is 1. The largest absolute Gasteiger partial charge is 0.497 e. The number of ether oxygens (including phenoxy) is 1. The highest BCUT2D eigenvalue weighted by Crippen LogP contribution is 2.28. The van der Waals surface area contributed by atoms with Gasteiger partial charge in [0, 0.05) is 30.1 Å². The second-order valence-electron chi connectivity index (χ2n) is 5.68. The van der Waals surface area contributed by atoms with Gasteiger partial charge in [0.15, 0.2) is 0 Å². The van der Waals surface area contributed by atoms with Gasteiger partial charge < -0.3 is 15.0 Å². The number of unbranched alkanes of at least 4 members (excludes halogenated alkanes) is 2. The van der Waals surface area contributed by atoms with Crippen LogP contribution in [0, 0.1) is 0 Å². The molecule has 0 aliphatic carbocycles. The zero-order chi connectivity index (χ0) is 15.9. The molecule has 0 unspecified atom stereocenters. The summed E-state index contributed by atoms with van der Waals surface area (Å²) in [5, 5.41) is 4.09. The normalized spacial score (nSPS) is 10.9. The van der Waals surface area contributed by atoms with Gasteiger partial charge in [0.1, 0.15) is 5.75 Å². The maximum Gasteiger partial charge on any atom is 0.216 e. The number of fused-ring (bicyclic) bond motifs is 1. The fourth-order valence-corrected chi connectivity index (χ4v) is 2.82. The van der Waals surface area contributed by atoms with E-state index in [4.69, 9.17) is 4.74 Å². The Balaban J connectivity index is 2.27. The van der Waals surface area contributed by atoms with E-state index >= 15 is 0 Å². The lowest BCUT2D eigenvalue weighted by atomic mass is 10.0. The number of aromatic nitrogens is 1. The van der Waals surface area contributed by atoms with E-state index in [1.165, 1.54) is 35.9 Å². The highest BCUT2D eigenvalue weighted by Gasteiger charge is 2.12. The summed E-state index contributed by atoms with van der Waals surface area (Å²) in [7, 11) is 1.69. The maximum atomic E-state index is 11.1. The number of carbonyl (C=O) groups excluding carboxylic acids is 1. The average Bonchev–Trinajstić information content (AvgIpc) is 2.84. The molecule has 0 aliphatic rings. The molecular formula is C18H26N2O2. The first-order valence-electron chi connectivity index (χ1n) is 8.07. The average molecular weight is 302 g/mol. The van der Waals surface area contributed by atoms with Crippen LogP contribution in [0.4, 0.5) is 0 Å². The summed E-state index contributed by atoms with van der Waals surface area (Å²) in [5.41, 5.74) is 3.74. The minimum absolute atomic E-state index is 0.0185. The number of benzene rings is 1. The van der Waals surface area contributed by atoms with Crippen LogP contribution in [0.3, 0.4) is 0 Å². The van der Waals surface area contributed by atoms with Crippen LogP contribution in [0.1, 0.15) is 44.4 Å². The second-order valence-corrected chi connectivity index (χ2v) is 5.68. The molecule has 1 amide bonds. The molecule has 120 valence electrons. The van der Waals surface area contributed by atoms with Crippen LogP contribution in [0.15, 0.2) is 18.2 Å². The highest BCUT2D eigenvalue weighted by molar-refractivity contribution is 5.86. The molecule has 4 heteroatoms. The molecule has 2 rings (SSSR count). The van der Waals surface area contributed by atoms with Crippen molar-refractivity contribution in [2.24, 2.45) is 0 Å². The molecule has 1 aromatic carbocycles. The summed E-state index contributed by atoms with van der Waals surface area (Å²) in [6.07, 6.45) is 5.54. The Morgan fingerprint density at radius 1 is 1.27 bits per heavy atom. The summed E-state index contributed by atoms with van der Waals surface area (Å²) in [5.74, 6) is 0.886.